The maximum atomic E-state index is 14.5. The molecule has 0 spiro atoms. The summed E-state index contributed by atoms with van der Waals surface area (Å²) in [5.41, 5.74) is 1.58. The Morgan fingerprint density at radius 1 is 1.12 bits per heavy atom. The third kappa shape index (κ3) is 5.59. The molecule has 0 aliphatic heterocycles. The highest BCUT2D eigenvalue weighted by Gasteiger charge is 2.56. The van der Waals surface area contributed by atoms with Crippen LogP contribution >= 0.6 is 0 Å². The number of aryl methyl sites for hydroxylation is 1. The number of primary amides is 1. The van der Waals surface area contributed by atoms with Gasteiger partial charge in [-0.25, -0.2) is 14.4 Å². The van der Waals surface area contributed by atoms with Crippen LogP contribution in [0.15, 0.2) is 54.7 Å². The molecule has 3 aromatic heterocycles. The number of ether oxygens (including phenoxy) is 1. The first kappa shape index (κ1) is 28.5. The fourth-order valence-electron chi connectivity index (χ4n) is 4.12. The number of nitrogens with zero attached hydrogens (tertiary/aromatic N) is 3. The molecule has 0 unspecified atom stereocenters. The summed E-state index contributed by atoms with van der Waals surface area (Å²) in [5, 5.41) is 13.1. The molecular weight excluding hydrogens is 534 g/mol. The van der Waals surface area contributed by atoms with Gasteiger partial charge in [-0.2, -0.15) is 13.2 Å². The van der Waals surface area contributed by atoms with E-state index in [4.69, 9.17) is 10.5 Å². The first-order valence-corrected chi connectivity index (χ1v) is 12.1. The number of alkyl halides is 3. The van der Waals surface area contributed by atoms with Gasteiger partial charge in [-0.15, -0.1) is 0 Å². The van der Waals surface area contributed by atoms with Crippen LogP contribution in [0.1, 0.15) is 34.4 Å². The molecule has 0 aliphatic rings. The molecule has 4 N–H and O–H groups in total. The van der Waals surface area contributed by atoms with Gasteiger partial charge in [0.2, 0.25) is 11.5 Å². The van der Waals surface area contributed by atoms with Crippen molar-refractivity contribution in [3.05, 3.63) is 83.2 Å². The number of benzene rings is 1. The number of carbonyl (C=O) groups is 2. The van der Waals surface area contributed by atoms with Crippen molar-refractivity contribution in [1.82, 2.24) is 19.7 Å². The zero-order valence-electron chi connectivity index (χ0n) is 21.4. The lowest BCUT2D eigenvalue weighted by atomic mass is 9.93. The third-order valence-electron chi connectivity index (χ3n) is 6.15. The SMILES string of the molecule is CCOc1c(CC(N)=O)cc([C@@](O)(CNC(=O)c2cn3c(C)cccc3n2)C(F)(F)F)nc1-c1ccc(F)cc1. The Balaban J connectivity index is 1.79. The van der Waals surface area contributed by atoms with Gasteiger partial charge in [-0.05, 0) is 56.3 Å². The van der Waals surface area contributed by atoms with Crippen LogP contribution in [0.4, 0.5) is 17.6 Å². The molecule has 1 atom stereocenters. The molecule has 13 heteroatoms. The summed E-state index contributed by atoms with van der Waals surface area (Å²) in [7, 11) is 0. The number of nitrogens with two attached hydrogens (primary N) is 1. The fourth-order valence-corrected chi connectivity index (χ4v) is 4.12. The van der Waals surface area contributed by atoms with Crippen molar-refractivity contribution in [2.24, 2.45) is 5.73 Å². The van der Waals surface area contributed by atoms with Gasteiger partial charge in [0.25, 0.3) is 5.91 Å². The van der Waals surface area contributed by atoms with Crippen LogP contribution in [0.5, 0.6) is 5.75 Å². The fraction of sp³-hybridized carbons (Fsp3) is 0.259. The van der Waals surface area contributed by atoms with Crippen molar-refractivity contribution in [3.8, 4) is 17.0 Å². The number of amides is 2. The Labute approximate surface area is 225 Å². The number of hydrogen-bond acceptors (Lipinski definition) is 6. The number of hydrogen-bond donors (Lipinski definition) is 3. The van der Waals surface area contributed by atoms with Crippen molar-refractivity contribution in [2.75, 3.05) is 13.2 Å². The average Bonchev–Trinajstić information content (AvgIpc) is 3.33. The first-order chi connectivity index (χ1) is 18.8. The van der Waals surface area contributed by atoms with Gasteiger partial charge < -0.3 is 25.3 Å². The molecule has 0 bridgehead atoms. The van der Waals surface area contributed by atoms with Crippen molar-refractivity contribution >= 4 is 17.5 Å². The zero-order chi connectivity index (χ0) is 29.2. The Kier molecular flexibility index (Phi) is 7.78. The minimum Gasteiger partial charge on any atom is -0.491 e. The summed E-state index contributed by atoms with van der Waals surface area (Å²) in [6.07, 6.45) is -4.51. The van der Waals surface area contributed by atoms with Gasteiger partial charge >= 0.3 is 6.18 Å². The van der Waals surface area contributed by atoms with Crippen LogP contribution in [0.3, 0.4) is 0 Å². The highest BCUT2D eigenvalue weighted by molar-refractivity contribution is 5.93. The van der Waals surface area contributed by atoms with E-state index in [0.29, 0.717) is 5.65 Å². The van der Waals surface area contributed by atoms with E-state index < -0.39 is 48.1 Å². The van der Waals surface area contributed by atoms with E-state index in [1.165, 1.54) is 18.3 Å². The summed E-state index contributed by atoms with van der Waals surface area (Å²) in [6, 6.07) is 10.6. The Morgan fingerprint density at radius 2 is 1.82 bits per heavy atom. The van der Waals surface area contributed by atoms with Crippen LogP contribution in [0, 0.1) is 12.7 Å². The lowest BCUT2D eigenvalue weighted by Gasteiger charge is -2.31. The normalized spacial score (nSPS) is 13.2. The van der Waals surface area contributed by atoms with Crippen LogP contribution in [-0.4, -0.2) is 50.6 Å². The molecular formula is C27H25F4N5O4. The van der Waals surface area contributed by atoms with E-state index in [0.717, 1.165) is 23.9 Å². The van der Waals surface area contributed by atoms with E-state index in [2.05, 4.69) is 15.3 Å². The van der Waals surface area contributed by atoms with Crippen molar-refractivity contribution < 1.29 is 37.0 Å². The molecule has 9 nitrogen and oxygen atoms in total. The minimum atomic E-state index is -5.33. The highest BCUT2D eigenvalue weighted by Crippen LogP contribution is 2.42. The van der Waals surface area contributed by atoms with Crippen molar-refractivity contribution in [3.63, 3.8) is 0 Å². The Morgan fingerprint density at radius 3 is 2.42 bits per heavy atom. The summed E-state index contributed by atoms with van der Waals surface area (Å²) in [5.74, 6) is -2.50. The molecule has 1 aromatic carbocycles. The predicted molar refractivity (Wildman–Crippen MR) is 136 cm³/mol. The van der Waals surface area contributed by atoms with Crippen LogP contribution in [0.2, 0.25) is 0 Å². The largest absolute Gasteiger partial charge is 0.491 e. The van der Waals surface area contributed by atoms with Crippen molar-refractivity contribution in [1.29, 1.82) is 0 Å². The van der Waals surface area contributed by atoms with Crippen LogP contribution in [-0.2, 0) is 16.8 Å². The summed E-state index contributed by atoms with van der Waals surface area (Å²) >= 11 is 0. The number of halogens is 4. The number of pyridine rings is 2. The van der Waals surface area contributed by atoms with Gasteiger partial charge in [0.05, 0.1) is 25.3 Å². The van der Waals surface area contributed by atoms with E-state index in [1.54, 1.807) is 36.4 Å². The number of aliphatic hydroxyl groups is 1. The lowest BCUT2D eigenvalue weighted by molar-refractivity contribution is -0.265. The molecule has 4 rings (SSSR count). The van der Waals surface area contributed by atoms with Crippen LogP contribution < -0.4 is 15.8 Å². The van der Waals surface area contributed by atoms with Gasteiger partial charge in [-0.1, -0.05) is 6.07 Å². The number of fused-ring (bicyclic) bond motifs is 1. The van der Waals surface area contributed by atoms with E-state index in [9.17, 15) is 32.3 Å². The van der Waals surface area contributed by atoms with E-state index in [1.807, 2.05) is 0 Å². The molecule has 40 heavy (non-hydrogen) atoms. The molecule has 0 fully saturated rings. The highest BCUT2D eigenvalue weighted by atomic mass is 19.4. The third-order valence-corrected chi connectivity index (χ3v) is 6.15. The molecule has 0 saturated heterocycles. The van der Waals surface area contributed by atoms with Gasteiger partial charge in [0.1, 0.15) is 28.6 Å². The van der Waals surface area contributed by atoms with Gasteiger partial charge in [0, 0.05) is 23.0 Å². The first-order valence-electron chi connectivity index (χ1n) is 12.1. The molecule has 210 valence electrons. The maximum Gasteiger partial charge on any atom is 0.424 e. The topological polar surface area (TPSA) is 132 Å². The molecule has 0 radical (unpaired) electrons. The van der Waals surface area contributed by atoms with E-state index in [-0.39, 0.29) is 34.9 Å². The second kappa shape index (κ2) is 10.9. The second-order valence-electron chi connectivity index (χ2n) is 8.99. The summed E-state index contributed by atoms with van der Waals surface area (Å²) in [4.78, 5) is 32.8. The molecule has 2 amide bonds. The number of nitrogens with one attached hydrogen (secondary N) is 1. The molecule has 0 saturated carbocycles. The average molecular weight is 560 g/mol. The number of aromatic nitrogens is 3. The zero-order valence-corrected chi connectivity index (χ0v) is 21.4. The predicted octanol–water partition coefficient (Wildman–Crippen LogP) is 3.45. The summed E-state index contributed by atoms with van der Waals surface area (Å²) in [6.45, 7) is 2.10. The molecule has 4 aromatic rings. The number of rotatable bonds is 9. The van der Waals surface area contributed by atoms with E-state index >= 15 is 0 Å². The quantitative estimate of drug-likeness (QED) is 0.269. The monoisotopic (exact) mass is 559 g/mol. The minimum absolute atomic E-state index is 0.0507. The van der Waals surface area contributed by atoms with Gasteiger partial charge in [-0.3, -0.25) is 9.59 Å². The Bertz CT molecular complexity index is 1570. The van der Waals surface area contributed by atoms with Gasteiger partial charge in [0.15, 0.2) is 0 Å². The lowest BCUT2D eigenvalue weighted by Crippen LogP contribution is -2.51. The molecule has 3 heterocycles. The maximum absolute atomic E-state index is 14.5. The van der Waals surface area contributed by atoms with Crippen molar-refractivity contribution in [2.45, 2.75) is 32.0 Å². The summed E-state index contributed by atoms with van der Waals surface area (Å²) < 4.78 is 64.1. The smallest absolute Gasteiger partial charge is 0.424 e. The number of imidazole rings is 1. The standard InChI is InChI=1S/C27H25F4N5O4/c1-3-40-24-17(12-21(32)37)11-20(35-23(24)16-7-9-18(28)10-8-16)26(39,27(29,30)31)14-33-25(38)19-13-36-15(2)5-4-6-22(36)34-19/h4-11,13,39H,3,12,14H2,1-2H3,(H2,32,37)(H,33,38)/t26-/m0/s1. The Hall–Kier alpha value is -4.52. The van der Waals surface area contributed by atoms with Crippen LogP contribution in [0.25, 0.3) is 16.9 Å². The second-order valence-corrected chi connectivity index (χ2v) is 8.99. The molecule has 0 aliphatic carbocycles. The number of carbonyl (C=O) groups excluding carboxylic acids is 2.